The van der Waals surface area contributed by atoms with Crippen LogP contribution in [-0.4, -0.2) is 0 Å². The van der Waals surface area contributed by atoms with Gasteiger partial charge in [0.05, 0.1) is 4.34 Å². The molecule has 1 heterocycles. The molecule has 1 aromatic heterocycles. The third kappa shape index (κ3) is 3.31. The normalized spacial score (nSPS) is 12.7. The van der Waals surface area contributed by atoms with E-state index < -0.39 is 0 Å². The Labute approximate surface area is 116 Å². The van der Waals surface area contributed by atoms with E-state index in [9.17, 15) is 4.39 Å². The molecule has 0 amide bonds. The molecule has 1 atom stereocenters. The number of aryl methyl sites for hydroxylation is 1. The van der Waals surface area contributed by atoms with Crippen molar-refractivity contribution in [3.8, 4) is 0 Å². The molecule has 1 aromatic carbocycles. The van der Waals surface area contributed by atoms with Crippen molar-refractivity contribution < 1.29 is 4.39 Å². The largest absolute Gasteiger partial charge is 0.305 e. The Hall–Kier alpha value is -0.900. The Morgan fingerprint density at radius 2 is 2.11 bits per heavy atom. The monoisotopic (exact) mass is 283 g/mol. The standard InChI is InChI=1S/C14H15ClFNS/c1-9-7-11(3-4-12(9)16)8-17-10(2)13-5-6-14(15)18-13/h3-7,10,17H,8H2,1-2H3. The zero-order valence-electron chi connectivity index (χ0n) is 10.3. The Morgan fingerprint density at radius 3 is 2.72 bits per heavy atom. The van der Waals surface area contributed by atoms with Crippen LogP contribution in [0, 0.1) is 12.7 Å². The van der Waals surface area contributed by atoms with Gasteiger partial charge in [-0.3, -0.25) is 0 Å². The second kappa shape index (κ2) is 5.83. The van der Waals surface area contributed by atoms with E-state index in [1.54, 1.807) is 18.3 Å². The highest BCUT2D eigenvalue weighted by Gasteiger charge is 2.08. The van der Waals surface area contributed by atoms with Gasteiger partial charge in [0.2, 0.25) is 0 Å². The molecule has 2 aromatic rings. The molecule has 1 unspecified atom stereocenters. The van der Waals surface area contributed by atoms with Crippen LogP contribution in [0.4, 0.5) is 4.39 Å². The van der Waals surface area contributed by atoms with E-state index in [0.717, 1.165) is 16.4 Å². The second-order valence-corrected chi connectivity index (χ2v) is 6.07. The van der Waals surface area contributed by atoms with E-state index >= 15 is 0 Å². The van der Waals surface area contributed by atoms with Crippen molar-refractivity contribution in [2.75, 3.05) is 0 Å². The molecule has 0 fully saturated rings. The fourth-order valence-electron chi connectivity index (χ4n) is 1.75. The van der Waals surface area contributed by atoms with Gasteiger partial charge in [0, 0.05) is 17.5 Å². The molecule has 0 aliphatic rings. The number of rotatable bonds is 4. The smallest absolute Gasteiger partial charge is 0.126 e. The summed E-state index contributed by atoms with van der Waals surface area (Å²) in [7, 11) is 0. The molecule has 0 aliphatic carbocycles. The highest BCUT2D eigenvalue weighted by atomic mass is 35.5. The van der Waals surface area contributed by atoms with Gasteiger partial charge in [-0.25, -0.2) is 4.39 Å². The lowest BCUT2D eigenvalue weighted by Crippen LogP contribution is -2.17. The van der Waals surface area contributed by atoms with Gasteiger partial charge in [-0.2, -0.15) is 0 Å². The van der Waals surface area contributed by atoms with Crippen molar-refractivity contribution in [1.82, 2.24) is 5.32 Å². The summed E-state index contributed by atoms with van der Waals surface area (Å²) in [5.41, 5.74) is 1.77. The van der Waals surface area contributed by atoms with Gasteiger partial charge in [-0.05, 0) is 43.2 Å². The number of nitrogens with one attached hydrogen (secondary N) is 1. The van der Waals surface area contributed by atoms with Crippen LogP contribution >= 0.6 is 22.9 Å². The number of halogens is 2. The molecule has 4 heteroatoms. The van der Waals surface area contributed by atoms with Crippen LogP contribution in [-0.2, 0) is 6.54 Å². The molecule has 1 N–H and O–H groups in total. The third-order valence-electron chi connectivity index (χ3n) is 2.86. The maximum absolute atomic E-state index is 13.1. The van der Waals surface area contributed by atoms with Crippen molar-refractivity contribution >= 4 is 22.9 Å². The van der Waals surface area contributed by atoms with Gasteiger partial charge in [0.15, 0.2) is 0 Å². The molecule has 0 saturated heterocycles. The molecular formula is C14H15ClFNS. The van der Waals surface area contributed by atoms with Gasteiger partial charge in [0.25, 0.3) is 0 Å². The number of thiophene rings is 1. The molecule has 0 saturated carbocycles. The summed E-state index contributed by atoms with van der Waals surface area (Å²) in [6.07, 6.45) is 0. The highest BCUT2D eigenvalue weighted by molar-refractivity contribution is 7.16. The highest BCUT2D eigenvalue weighted by Crippen LogP contribution is 2.26. The maximum atomic E-state index is 13.1. The first-order valence-corrected chi connectivity index (χ1v) is 6.99. The van der Waals surface area contributed by atoms with Crippen molar-refractivity contribution in [2.45, 2.75) is 26.4 Å². The fraction of sp³-hybridized carbons (Fsp3) is 0.286. The van der Waals surface area contributed by atoms with Crippen molar-refractivity contribution in [3.63, 3.8) is 0 Å². The van der Waals surface area contributed by atoms with E-state index in [4.69, 9.17) is 11.6 Å². The molecule has 2 rings (SSSR count). The van der Waals surface area contributed by atoms with Crippen LogP contribution < -0.4 is 5.32 Å². The summed E-state index contributed by atoms with van der Waals surface area (Å²) in [6.45, 7) is 4.59. The first-order valence-electron chi connectivity index (χ1n) is 5.80. The molecule has 0 radical (unpaired) electrons. The lowest BCUT2D eigenvalue weighted by molar-refractivity contribution is 0.579. The second-order valence-electron chi connectivity index (χ2n) is 4.33. The average Bonchev–Trinajstić information content (AvgIpc) is 2.77. The molecule has 0 aliphatic heterocycles. The minimum atomic E-state index is -0.156. The summed E-state index contributed by atoms with van der Waals surface area (Å²) in [6, 6.07) is 9.37. The van der Waals surface area contributed by atoms with Gasteiger partial charge < -0.3 is 5.32 Å². The fourth-order valence-corrected chi connectivity index (χ4v) is 2.84. The van der Waals surface area contributed by atoms with E-state index in [2.05, 4.69) is 12.2 Å². The third-order valence-corrected chi connectivity index (χ3v) is 4.27. The zero-order valence-corrected chi connectivity index (χ0v) is 11.9. The number of hydrogen-bond acceptors (Lipinski definition) is 2. The van der Waals surface area contributed by atoms with Crippen molar-refractivity contribution in [1.29, 1.82) is 0 Å². The molecule has 96 valence electrons. The van der Waals surface area contributed by atoms with Crippen LogP contribution in [0.5, 0.6) is 0 Å². The lowest BCUT2D eigenvalue weighted by Gasteiger charge is -2.12. The summed E-state index contributed by atoms with van der Waals surface area (Å²) < 4.78 is 13.9. The quantitative estimate of drug-likeness (QED) is 0.858. The SMILES string of the molecule is Cc1cc(CNC(C)c2ccc(Cl)s2)ccc1F. The Kier molecular flexibility index (Phi) is 4.38. The molecular weight excluding hydrogens is 269 g/mol. The van der Waals surface area contributed by atoms with E-state index in [1.165, 1.54) is 10.9 Å². The summed E-state index contributed by atoms with van der Waals surface area (Å²) in [5.74, 6) is -0.156. The van der Waals surface area contributed by atoms with Gasteiger partial charge in [0.1, 0.15) is 5.82 Å². The number of benzene rings is 1. The predicted octanol–water partition coefficient (Wildman–Crippen LogP) is 4.70. The summed E-state index contributed by atoms with van der Waals surface area (Å²) in [5, 5.41) is 3.40. The summed E-state index contributed by atoms with van der Waals surface area (Å²) >= 11 is 7.49. The first kappa shape index (κ1) is 13.5. The zero-order chi connectivity index (χ0) is 13.1. The number of hydrogen-bond donors (Lipinski definition) is 1. The lowest BCUT2D eigenvalue weighted by atomic mass is 10.1. The van der Waals surface area contributed by atoms with Gasteiger partial charge in [-0.15, -0.1) is 11.3 Å². The van der Waals surface area contributed by atoms with E-state index in [-0.39, 0.29) is 11.9 Å². The van der Waals surface area contributed by atoms with Crippen molar-refractivity contribution in [2.24, 2.45) is 0 Å². The molecule has 0 spiro atoms. The summed E-state index contributed by atoms with van der Waals surface area (Å²) in [4.78, 5) is 1.21. The Bertz CT molecular complexity index is 538. The van der Waals surface area contributed by atoms with Crippen LogP contribution in [0.2, 0.25) is 4.34 Å². The minimum absolute atomic E-state index is 0.156. The average molecular weight is 284 g/mol. The Morgan fingerprint density at radius 1 is 1.33 bits per heavy atom. The molecule has 0 bridgehead atoms. The van der Waals surface area contributed by atoms with Gasteiger partial charge >= 0.3 is 0 Å². The first-order chi connectivity index (χ1) is 8.56. The van der Waals surface area contributed by atoms with E-state index in [0.29, 0.717) is 5.56 Å². The molecule has 1 nitrogen and oxygen atoms in total. The topological polar surface area (TPSA) is 12.0 Å². The van der Waals surface area contributed by atoms with Crippen LogP contribution in [0.1, 0.15) is 29.0 Å². The van der Waals surface area contributed by atoms with Crippen LogP contribution in [0.25, 0.3) is 0 Å². The van der Waals surface area contributed by atoms with E-state index in [1.807, 2.05) is 24.3 Å². The van der Waals surface area contributed by atoms with Gasteiger partial charge in [-0.1, -0.05) is 23.7 Å². The Balaban J connectivity index is 1.97. The van der Waals surface area contributed by atoms with Crippen molar-refractivity contribution in [3.05, 3.63) is 56.5 Å². The predicted molar refractivity (Wildman–Crippen MR) is 75.7 cm³/mol. The maximum Gasteiger partial charge on any atom is 0.126 e. The molecule has 18 heavy (non-hydrogen) atoms. The van der Waals surface area contributed by atoms with Crippen LogP contribution in [0.15, 0.2) is 30.3 Å². The van der Waals surface area contributed by atoms with Crippen LogP contribution in [0.3, 0.4) is 0 Å². The minimum Gasteiger partial charge on any atom is -0.305 e.